The van der Waals surface area contributed by atoms with E-state index >= 15 is 0 Å². The van der Waals surface area contributed by atoms with Gasteiger partial charge in [-0.1, -0.05) is 24.3 Å². The third-order valence-electron chi connectivity index (χ3n) is 2.00. The Morgan fingerprint density at radius 2 is 1.29 bits per heavy atom. The highest BCUT2D eigenvalue weighted by atomic mass is 16.2. The number of hydrogen-bond acceptors (Lipinski definition) is 2. The van der Waals surface area contributed by atoms with Crippen LogP contribution >= 0.6 is 0 Å². The molecule has 0 aromatic heterocycles. The molecule has 1 aromatic carbocycles. The largest absolute Gasteiger partial charge is 0.516 e. The van der Waals surface area contributed by atoms with Gasteiger partial charge in [-0.3, -0.25) is 0 Å². The maximum Gasteiger partial charge on any atom is 0.0755 e. The minimum Gasteiger partial charge on any atom is -0.516 e. The summed E-state index contributed by atoms with van der Waals surface area (Å²) < 4.78 is 0. The van der Waals surface area contributed by atoms with E-state index in [1.54, 1.807) is 12.2 Å². The van der Waals surface area contributed by atoms with Crippen LogP contribution in [-0.4, -0.2) is 10.2 Å². The number of aliphatic hydroxyl groups excluding tert-OH is 2. The summed E-state index contributed by atoms with van der Waals surface area (Å²) in [7, 11) is 0. The first-order chi connectivity index (χ1) is 6.88. The van der Waals surface area contributed by atoms with Crippen LogP contribution in [0.3, 0.4) is 0 Å². The van der Waals surface area contributed by atoms with Crippen LogP contribution in [0.2, 0.25) is 0 Å². The molecule has 2 nitrogen and oxygen atoms in total. The van der Waals surface area contributed by atoms with Crippen molar-refractivity contribution in [1.82, 2.24) is 0 Å². The van der Waals surface area contributed by atoms with E-state index in [-0.39, 0.29) is 0 Å². The minimum absolute atomic E-state index is 0.714. The molecule has 0 heterocycles. The van der Waals surface area contributed by atoms with Gasteiger partial charge in [-0.2, -0.15) is 0 Å². The molecule has 0 aliphatic rings. The smallest absolute Gasteiger partial charge is 0.0755 e. The van der Waals surface area contributed by atoms with Crippen molar-refractivity contribution in [3.63, 3.8) is 0 Å². The lowest BCUT2D eigenvalue weighted by atomic mass is 10.0. The number of hydrogen-bond donors (Lipinski definition) is 2. The van der Waals surface area contributed by atoms with E-state index in [1.807, 2.05) is 24.3 Å². The Bertz CT molecular complexity index is 294. The Hall–Kier alpha value is -1.70. The second-order valence-electron chi connectivity index (χ2n) is 2.95. The molecule has 0 radical (unpaired) electrons. The van der Waals surface area contributed by atoms with Gasteiger partial charge in [0.05, 0.1) is 12.5 Å². The Balaban J connectivity index is 2.79. The summed E-state index contributed by atoms with van der Waals surface area (Å²) >= 11 is 0. The van der Waals surface area contributed by atoms with Crippen molar-refractivity contribution >= 4 is 0 Å². The summed E-state index contributed by atoms with van der Waals surface area (Å²) in [4.78, 5) is 0. The van der Waals surface area contributed by atoms with Gasteiger partial charge < -0.3 is 10.2 Å². The first-order valence-corrected chi connectivity index (χ1v) is 4.53. The fraction of sp³-hybridized carbons (Fsp3) is 0.167. The predicted octanol–water partition coefficient (Wildman–Crippen LogP) is 2.92. The second-order valence-corrected chi connectivity index (χ2v) is 2.95. The van der Waals surface area contributed by atoms with E-state index in [2.05, 4.69) is 0 Å². The molecule has 0 fully saturated rings. The lowest BCUT2D eigenvalue weighted by molar-refractivity contribution is 0.470. The molecular weight excluding hydrogens is 176 g/mol. The van der Waals surface area contributed by atoms with E-state index < -0.39 is 0 Å². The van der Waals surface area contributed by atoms with Crippen LogP contribution in [0.25, 0.3) is 0 Å². The Morgan fingerprint density at radius 3 is 1.64 bits per heavy atom. The van der Waals surface area contributed by atoms with E-state index in [0.717, 1.165) is 23.7 Å². The normalized spacial score (nSPS) is 11.4. The van der Waals surface area contributed by atoms with Crippen LogP contribution in [0.4, 0.5) is 0 Å². The molecule has 0 atom stereocenters. The summed E-state index contributed by atoms with van der Waals surface area (Å²) in [6, 6.07) is 7.96. The number of rotatable bonds is 4. The highest BCUT2D eigenvalue weighted by molar-refractivity contribution is 5.30. The van der Waals surface area contributed by atoms with E-state index in [1.165, 1.54) is 0 Å². The van der Waals surface area contributed by atoms with Crippen LogP contribution in [-0.2, 0) is 12.8 Å². The highest BCUT2D eigenvalue weighted by Crippen LogP contribution is 2.11. The van der Waals surface area contributed by atoms with Crippen molar-refractivity contribution in [2.75, 3.05) is 0 Å². The standard InChI is InChI=1S/C12H14O2/c13-9-3-7-11-5-1-2-6-12(11)8-4-10-14/h1-6,9-10,13-14H,7-8H2. The molecule has 2 heteroatoms. The molecule has 0 saturated heterocycles. The van der Waals surface area contributed by atoms with Crippen molar-refractivity contribution in [2.45, 2.75) is 12.8 Å². The SMILES string of the molecule is OC=CCc1ccccc1CC=CO. The maximum absolute atomic E-state index is 8.56. The lowest BCUT2D eigenvalue weighted by Gasteiger charge is -2.03. The first kappa shape index (κ1) is 10.4. The minimum atomic E-state index is 0.714. The maximum atomic E-state index is 8.56. The van der Waals surface area contributed by atoms with Crippen LogP contribution < -0.4 is 0 Å². The van der Waals surface area contributed by atoms with E-state index in [0.29, 0.717) is 12.8 Å². The van der Waals surface area contributed by atoms with Crippen LogP contribution in [0.5, 0.6) is 0 Å². The third-order valence-corrected chi connectivity index (χ3v) is 2.00. The number of benzene rings is 1. The zero-order chi connectivity index (χ0) is 10.2. The summed E-state index contributed by atoms with van der Waals surface area (Å²) in [6.45, 7) is 0. The van der Waals surface area contributed by atoms with Gasteiger partial charge in [-0.15, -0.1) is 0 Å². The average molecular weight is 190 g/mol. The van der Waals surface area contributed by atoms with Crippen molar-refractivity contribution in [3.05, 3.63) is 60.1 Å². The van der Waals surface area contributed by atoms with Crippen molar-refractivity contribution in [3.8, 4) is 0 Å². The topological polar surface area (TPSA) is 40.5 Å². The molecule has 74 valence electrons. The Morgan fingerprint density at radius 1 is 0.857 bits per heavy atom. The molecule has 2 N–H and O–H groups in total. The van der Waals surface area contributed by atoms with Gasteiger partial charge in [0.1, 0.15) is 0 Å². The van der Waals surface area contributed by atoms with Crippen LogP contribution in [0.15, 0.2) is 48.9 Å². The zero-order valence-corrected chi connectivity index (χ0v) is 7.93. The van der Waals surface area contributed by atoms with Crippen molar-refractivity contribution in [2.24, 2.45) is 0 Å². The molecular formula is C12H14O2. The predicted molar refractivity (Wildman–Crippen MR) is 57.4 cm³/mol. The van der Waals surface area contributed by atoms with Crippen molar-refractivity contribution < 1.29 is 10.2 Å². The highest BCUT2D eigenvalue weighted by Gasteiger charge is 1.97. The summed E-state index contributed by atoms with van der Waals surface area (Å²) in [5, 5.41) is 17.1. The van der Waals surface area contributed by atoms with Gasteiger partial charge in [0.25, 0.3) is 0 Å². The molecule has 0 amide bonds. The third kappa shape index (κ3) is 2.98. The molecule has 0 bridgehead atoms. The van der Waals surface area contributed by atoms with Gasteiger partial charge in [0.2, 0.25) is 0 Å². The van der Waals surface area contributed by atoms with Gasteiger partial charge >= 0.3 is 0 Å². The Kier molecular flexibility index (Phi) is 4.35. The quantitative estimate of drug-likeness (QED) is 0.716. The van der Waals surface area contributed by atoms with Gasteiger partial charge in [-0.05, 0) is 36.1 Å². The zero-order valence-electron chi connectivity index (χ0n) is 7.93. The van der Waals surface area contributed by atoms with Crippen molar-refractivity contribution in [1.29, 1.82) is 0 Å². The molecule has 0 aliphatic carbocycles. The monoisotopic (exact) mass is 190 g/mol. The fourth-order valence-electron chi connectivity index (χ4n) is 1.32. The summed E-state index contributed by atoms with van der Waals surface area (Å²) in [5.74, 6) is 0. The fourth-order valence-corrected chi connectivity index (χ4v) is 1.32. The van der Waals surface area contributed by atoms with Gasteiger partial charge in [-0.25, -0.2) is 0 Å². The summed E-state index contributed by atoms with van der Waals surface area (Å²) in [5.41, 5.74) is 2.33. The lowest BCUT2D eigenvalue weighted by Crippen LogP contribution is -1.90. The molecule has 1 aromatic rings. The van der Waals surface area contributed by atoms with E-state index in [4.69, 9.17) is 10.2 Å². The Labute approximate surface area is 83.8 Å². The number of allylic oxidation sites excluding steroid dienone is 2. The second kappa shape index (κ2) is 5.86. The molecule has 14 heavy (non-hydrogen) atoms. The molecule has 1 rings (SSSR count). The molecule has 0 saturated carbocycles. The van der Waals surface area contributed by atoms with Gasteiger partial charge in [0.15, 0.2) is 0 Å². The van der Waals surface area contributed by atoms with Crippen LogP contribution in [0.1, 0.15) is 11.1 Å². The molecule has 0 aliphatic heterocycles. The van der Waals surface area contributed by atoms with Gasteiger partial charge in [0, 0.05) is 0 Å². The summed E-state index contributed by atoms with van der Waals surface area (Å²) in [6.07, 6.45) is 6.93. The van der Waals surface area contributed by atoms with Crippen LogP contribution in [0, 0.1) is 0 Å². The molecule has 0 spiro atoms. The van der Waals surface area contributed by atoms with E-state index in [9.17, 15) is 0 Å². The molecule has 0 unspecified atom stereocenters. The number of aliphatic hydroxyl groups is 2. The average Bonchev–Trinajstić information content (AvgIpc) is 2.24. The first-order valence-electron chi connectivity index (χ1n) is 4.53.